The normalized spacial score (nSPS) is 11.9. The van der Waals surface area contributed by atoms with Crippen LogP contribution in [0.25, 0.3) is 10.9 Å². The molecule has 0 saturated carbocycles. The molecule has 2 N–H and O–H groups in total. The summed E-state index contributed by atoms with van der Waals surface area (Å²) in [5.41, 5.74) is 6.09. The van der Waals surface area contributed by atoms with Crippen molar-refractivity contribution >= 4 is 28.7 Å². The minimum atomic E-state index is -1.01. The third kappa shape index (κ3) is 3.08. The number of esters is 2. The summed E-state index contributed by atoms with van der Waals surface area (Å²) in [5.74, 6) is -1.83. The molecule has 0 aliphatic carbocycles. The van der Waals surface area contributed by atoms with E-state index in [1.165, 1.54) is 20.2 Å². The molecule has 0 saturated heterocycles. The summed E-state index contributed by atoms with van der Waals surface area (Å²) in [6, 6.07) is 7.10. The van der Waals surface area contributed by atoms with Gasteiger partial charge in [0.2, 0.25) is 0 Å². The molecule has 22 heavy (non-hydrogen) atoms. The van der Waals surface area contributed by atoms with Crippen molar-refractivity contribution in [3.8, 4) is 0 Å². The minimum Gasteiger partial charge on any atom is -0.465 e. The number of hydrogen-bond acceptors (Lipinski definition) is 5. The molecule has 0 bridgehead atoms. The number of para-hydroxylation sites is 1. The second kappa shape index (κ2) is 6.30. The van der Waals surface area contributed by atoms with Crippen LogP contribution in [0.1, 0.15) is 17.3 Å². The Hall–Kier alpha value is -2.83. The quantitative estimate of drug-likeness (QED) is 0.825. The van der Waals surface area contributed by atoms with E-state index in [0.717, 1.165) is 0 Å². The second-order valence-corrected chi connectivity index (χ2v) is 4.71. The van der Waals surface area contributed by atoms with Crippen molar-refractivity contribution in [2.45, 2.75) is 19.6 Å². The summed E-state index contributed by atoms with van der Waals surface area (Å²) in [6.45, 7) is 1.25. The molecule has 7 heteroatoms. The second-order valence-electron chi connectivity index (χ2n) is 4.71. The number of fused-ring (bicyclic) bond motifs is 1. The molecule has 2 aromatic rings. The van der Waals surface area contributed by atoms with Gasteiger partial charge < -0.3 is 19.8 Å². The number of primary amides is 1. The number of aromatic nitrogens is 1. The Morgan fingerprint density at radius 2 is 1.95 bits per heavy atom. The zero-order chi connectivity index (χ0) is 16.3. The summed E-state index contributed by atoms with van der Waals surface area (Å²) in [7, 11) is 1.29. The highest BCUT2D eigenvalue weighted by Crippen LogP contribution is 2.22. The highest BCUT2D eigenvalue weighted by atomic mass is 16.5. The molecular weight excluding hydrogens is 288 g/mol. The molecule has 7 nitrogen and oxygen atoms in total. The molecule has 1 aromatic heterocycles. The monoisotopic (exact) mass is 304 g/mol. The maximum absolute atomic E-state index is 11.9. The van der Waals surface area contributed by atoms with E-state index in [0.29, 0.717) is 16.5 Å². The van der Waals surface area contributed by atoms with Crippen molar-refractivity contribution in [1.82, 2.24) is 4.57 Å². The van der Waals surface area contributed by atoms with E-state index in [4.69, 9.17) is 15.2 Å². The smallest absolute Gasteiger partial charge is 0.340 e. The fourth-order valence-corrected chi connectivity index (χ4v) is 2.08. The molecule has 0 radical (unpaired) electrons. The summed E-state index contributed by atoms with van der Waals surface area (Å²) in [6.07, 6.45) is 0.515. The van der Waals surface area contributed by atoms with E-state index in [1.807, 2.05) is 0 Å². The topological polar surface area (TPSA) is 101 Å². The number of nitrogens with zero attached hydrogens (tertiary/aromatic N) is 1. The van der Waals surface area contributed by atoms with Crippen LogP contribution in [0.5, 0.6) is 0 Å². The zero-order valence-corrected chi connectivity index (χ0v) is 12.2. The highest BCUT2D eigenvalue weighted by Gasteiger charge is 2.19. The van der Waals surface area contributed by atoms with Crippen molar-refractivity contribution in [2.75, 3.05) is 7.11 Å². The minimum absolute atomic E-state index is 0.144. The lowest BCUT2D eigenvalue weighted by molar-refractivity contribution is -0.154. The van der Waals surface area contributed by atoms with E-state index in [-0.39, 0.29) is 6.54 Å². The number of methoxy groups -OCH3 is 1. The van der Waals surface area contributed by atoms with E-state index < -0.39 is 23.9 Å². The Labute approximate surface area is 126 Å². The number of ether oxygens (including phenoxy) is 2. The Balaban J connectivity index is 2.30. The van der Waals surface area contributed by atoms with Gasteiger partial charge in [-0.15, -0.1) is 0 Å². The molecule has 1 heterocycles. The Morgan fingerprint density at radius 3 is 2.59 bits per heavy atom. The first kappa shape index (κ1) is 15.6. The highest BCUT2D eigenvalue weighted by molar-refractivity contribution is 6.04. The van der Waals surface area contributed by atoms with E-state index >= 15 is 0 Å². The first-order valence-corrected chi connectivity index (χ1v) is 6.59. The average molecular weight is 304 g/mol. The van der Waals surface area contributed by atoms with E-state index in [9.17, 15) is 14.4 Å². The van der Waals surface area contributed by atoms with Gasteiger partial charge in [-0.05, 0) is 13.0 Å². The number of carbonyl (C=O) groups excluding carboxylic acids is 3. The predicted octanol–water partition coefficient (Wildman–Crippen LogP) is 0.845. The van der Waals surface area contributed by atoms with Crippen molar-refractivity contribution in [3.05, 3.63) is 36.0 Å². The number of hydrogen-bond donors (Lipinski definition) is 1. The molecular formula is C15H16N2O5. The first-order valence-electron chi connectivity index (χ1n) is 6.59. The van der Waals surface area contributed by atoms with Gasteiger partial charge in [-0.2, -0.15) is 0 Å². The van der Waals surface area contributed by atoms with E-state index in [2.05, 4.69) is 0 Å². The number of nitrogens with two attached hydrogens (primary N) is 1. The molecule has 2 rings (SSSR count). The standard InChI is InChI=1S/C15H16N2O5/c1-9(14(16)19)22-13(18)8-17-7-11(15(20)21-2)10-5-3-4-6-12(10)17/h3-7,9H,8H2,1-2H3,(H2,16,19). The number of rotatable bonds is 5. The van der Waals surface area contributed by atoms with Crippen molar-refractivity contribution in [3.63, 3.8) is 0 Å². The fourth-order valence-electron chi connectivity index (χ4n) is 2.08. The van der Waals surface area contributed by atoms with E-state index in [1.54, 1.807) is 28.8 Å². The van der Waals surface area contributed by atoms with Gasteiger partial charge in [0, 0.05) is 17.1 Å². The predicted molar refractivity (Wildman–Crippen MR) is 78.0 cm³/mol. The molecule has 116 valence electrons. The van der Waals surface area contributed by atoms with Crippen molar-refractivity contribution in [1.29, 1.82) is 0 Å². The van der Waals surface area contributed by atoms with Gasteiger partial charge in [-0.1, -0.05) is 18.2 Å². The van der Waals surface area contributed by atoms with Crippen LogP contribution in [0.2, 0.25) is 0 Å². The molecule has 1 unspecified atom stereocenters. The van der Waals surface area contributed by atoms with Crippen LogP contribution < -0.4 is 5.73 Å². The molecule has 0 spiro atoms. The lowest BCUT2D eigenvalue weighted by atomic mass is 10.2. The first-order chi connectivity index (χ1) is 10.4. The molecule has 0 aliphatic heterocycles. The Morgan fingerprint density at radius 1 is 1.27 bits per heavy atom. The van der Waals surface area contributed by atoms with Crippen LogP contribution in [0.4, 0.5) is 0 Å². The molecule has 1 aromatic carbocycles. The molecule has 0 aliphatic rings. The maximum Gasteiger partial charge on any atom is 0.340 e. The number of benzene rings is 1. The van der Waals surface area contributed by atoms with Gasteiger partial charge in [-0.3, -0.25) is 9.59 Å². The van der Waals surface area contributed by atoms with Crippen molar-refractivity contribution < 1.29 is 23.9 Å². The maximum atomic E-state index is 11.9. The average Bonchev–Trinajstić information content (AvgIpc) is 2.85. The molecule has 1 atom stereocenters. The number of amides is 1. The van der Waals surface area contributed by atoms with Gasteiger partial charge in [0.15, 0.2) is 6.10 Å². The van der Waals surface area contributed by atoms with Crippen molar-refractivity contribution in [2.24, 2.45) is 5.73 Å². The summed E-state index contributed by atoms with van der Waals surface area (Å²) in [4.78, 5) is 34.5. The SMILES string of the molecule is COC(=O)c1cn(CC(=O)OC(C)C(N)=O)c2ccccc12. The van der Waals surface area contributed by atoms with Gasteiger partial charge in [-0.25, -0.2) is 4.79 Å². The lowest BCUT2D eigenvalue weighted by Gasteiger charge is -2.10. The number of carbonyl (C=O) groups is 3. The molecule has 0 fully saturated rings. The lowest BCUT2D eigenvalue weighted by Crippen LogP contribution is -2.31. The van der Waals surface area contributed by atoms with Crippen LogP contribution in [0.3, 0.4) is 0 Å². The van der Waals surface area contributed by atoms with Crippen LogP contribution in [-0.2, 0) is 25.6 Å². The van der Waals surface area contributed by atoms with Gasteiger partial charge in [0.1, 0.15) is 6.54 Å². The van der Waals surface area contributed by atoms with Gasteiger partial charge in [0.05, 0.1) is 12.7 Å². The molecule has 1 amide bonds. The third-order valence-corrected chi connectivity index (χ3v) is 3.20. The van der Waals surface area contributed by atoms with Crippen LogP contribution >= 0.6 is 0 Å². The van der Waals surface area contributed by atoms with Crippen LogP contribution in [0, 0.1) is 0 Å². The third-order valence-electron chi connectivity index (χ3n) is 3.20. The zero-order valence-electron chi connectivity index (χ0n) is 12.2. The van der Waals surface area contributed by atoms with Crippen LogP contribution in [0.15, 0.2) is 30.5 Å². The Kier molecular flexibility index (Phi) is 4.45. The Bertz CT molecular complexity index is 735. The fraction of sp³-hybridized carbons (Fsp3) is 0.267. The van der Waals surface area contributed by atoms with Crippen LogP contribution in [-0.4, -0.2) is 35.6 Å². The summed E-state index contributed by atoms with van der Waals surface area (Å²) >= 11 is 0. The summed E-state index contributed by atoms with van der Waals surface area (Å²) in [5, 5.41) is 0.671. The largest absolute Gasteiger partial charge is 0.465 e. The van der Waals surface area contributed by atoms with Gasteiger partial charge >= 0.3 is 11.9 Å². The van der Waals surface area contributed by atoms with Gasteiger partial charge in [0.25, 0.3) is 5.91 Å². The summed E-state index contributed by atoms with van der Waals surface area (Å²) < 4.78 is 11.2.